The number of fused-ring (bicyclic) bond motifs is 2. The average Bonchev–Trinajstić information content (AvgIpc) is 2.73. The fourth-order valence-electron chi connectivity index (χ4n) is 3.43. The molecule has 0 aromatic heterocycles. The standard InChI is InChI=1S/C25H26O3/c1-3-5-7-8-11-17-28-25-18(12-6-4-2)15-16-21-22(25)24(27)20-14-10-9-13-19(20)23(21)26/h9-10,13-16H,3-6,11-12,17H2,1-2H3. The number of rotatable bonds is 7. The molecule has 0 atom stereocenters. The summed E-state index contributed by atoms with van der Waals surface area (Å²) >= 11 is 0. The predicted molar refractivity (Wildman–Crippen MR) is 111 cm³/mol. The third kappa shape index (κ3) is 4.02. The van der Waals surface area contributed by atoms with Crippen LogP contribution in [0, 0.1) is 11.8 Å². The molecule has 0 unspecified atom stereocenters. The van der Waals surface area contributed by atoms with Crippen molar-refractivity contribution in [2.75, 3.05) is 6.61 Å². The van der Waals surface area contributed by atoms with E-state index in [1.807, 2.05) is 6.07 Å². The molecule has 28 heavy (non-hydrogen) atoms. The lowest BCUT2D eigenvalue weighted by atomic mass is 9.82. The highest BCUT2D eigenvalue weighted by Gasteiger charge is 2.33. The molecule has 144 valence electrons. The van der Waals surface area contributed by atoms with E-state index in [1.54, 1.807) is 30.3 Å². The third-order valence-electron chi connectivity index (χ3n) is 4.90. The lowest BCUT2D eigenvalue weighted by Gasteiger charge is -2.22. The van der Waals surface area contributed by atoms with Gasteiger partial charge < -0.3 is 4.74 Å². The molecule has 1 aliphatic carbocycles. The minimum absolute atomic E-state index is 0.111. The number of benzene rings is 2. The molecule has 3 rings (SSSR count). The highest BCUT2D eigenvalue weighted by atomic mass is 16.5. The summed E-state index contributed by atoms with van der Waals surface area (Å²) in [6, 6.07) is 10.7. The second-order valence-electron chi connectivity index (χ2n) is 6.99. The molecule has 3 nitrogen and oxygen atoms in total. The molecule has 2 aromatic rings. The second kappa shape index (κ2) is 9.37. The van der Waals surface area contributed by atoms with Crippen LogP contribution in [0.5, 0.6) is 5.75 Å². The zero-order valence-corrected chi connectivity index (χ0v) is 16.6. The first-order valence-corrected chi connectivity index (χ1v) is 10.1. The minimum atomic E-state index is -0.129. The van der Waals surface area contributed by atoms with Gasteiger partial charge in [0.15, 0.2) is 11.6 Å². The van der Waals surface area contributed by atoms with E-state index in [2.05, 4.69) is 25.7 Å². The van der Waals surface area contributed by atoms with Gasteiger partial charge in [-0.1, -0.05) is 56.5 Å². The summed E-state index contributed by atoms with van der Waals surface area (Å²) in [6.45, 7) is 4.64. The third-order valence-corrected chi connectivity index (χ3v) is 4.90. The number of hydrogen-bond donors (Lipinski definition) is 0. The van der Waals surface area contributed by atoms with Crippen LogP contribution in [-0.4, -0.2) is 18.2 Å². The Morgan fingerprint density at radius 2 is 1.54 bits per heavy atom. The van der Waals surface area contributed by atoms with E-state index in [1.165, 1.54) is 0 Å². The van der Waals surface area contributed by atoms with Crippen LogP contribution in [0.3, 0.4) is 0 Å². The van der Waals surface area contributed by atoms with Crippen LogP contribution >= 0.6 is 0 Å². The van der Waals surface area contributed by atoms with Gasteiger partial charge >= 0.3 is 0 Å². The second-order valence-corrected chi connectivity index (χ2v) is 6.99. The maximum Gasteiger partial charge on any atom is 0.198 e. The largest absolute Gasteiger partial charge is 0.492 e. The van der Waals surface area contributed by atoms with Gasteiger partial charge in [-0.25, -0.2) is 0 Å². The van der Waals surface area contributed by atoms with Crippen molar-refractivity contribution in [2.24, 2.45) is 0 Å². The molecule has 0 fully saturated rings. The minimum Gasteiger partial charge on any atom is -0.492 e. The lowest BCUT2D eigenvalue weighted by molar-refractivity contribution is 0.0975. The van der Waals surface area contributed by atoms with Gasteiger partial charge in [-0.3, -0.25) is 9.59 Å². The molecule has 0 radical (unpaired) electrons. The topological polar surface area (TPSA) is 43.4 Å². The summed E-state index contributed by atoms with van der Waals surface area (Å²) < 4.78 is 6.07. The maximum absolute atomic E-state index is 13.2. The van der Waals surface area contributed by atoms with Crippen molar-refractivity contribution in [3.63, 3.8) is 0 Å². The van der Waals surface area contributed by atoms with Crippen LogP contribution in [0.4, 0.5) is 0 Å². The summed E-state index contributed by atoms with van der Waals surface area (Å²) in [6.07, 6.45) is 5.40. The Kier molecular flexibility index (Phi) is 6.66. The lowest BCUT2D eigenvalue weighted by Crippen LogP contribution is -2.22. The first-order valence-electron chi connectivity index (χ1n) is 10.1. The number of ether oxygens (including phenoxy) is 1. The maximum atomic E-state index is 13.2. The molecule has 0 saturated heterocycles. The van der Waals surface area contributed by atoms with Gasteiger partial charge in [0.25, 0.3) is 0 Å². The first kappa shape index (κ1) is 19.9. The van der Waals surface area contributed by atoms with E-state index in [4.69, 9.17) is 4.74 Å². The summed E-state index contributed by atoms with van der Waals surface area (Å²) in [5.74, 6) is 6.54. The molecule has 2 aromatic carbocycles. The van der Waals surface area contributed by atoms with Gasteiger partial charge in [-0.2, -0.15) is 0 Å². The van der Waals surface area contributed by atoms with Gasteiger partial charge in [0.1, 0.15) is 5.75 Å². The van der Waals surface area contributed by atoms with Crippen LogP contribution in [0.2, 0.25) is 0 Å². The van der Waals surface area contributed by atoms with Crippen molar-refractivity contribution in [1.82, 2.24) is 0 Å². The van der Waals surface area contributed by atoms with Gasteiger partial charge in [0, 0.05) is 29.5 Å². The Bertz CT molecular complexity index is 944. The highest BCUT2D eigenvalue weighted by molar-refractivity contribution is 6.29. The quantitative estimate of drug-likeness (QED) is 0.412. The Hall–Kier alpha value is -2.86. The highest BCUT2D eigenvalue weighted by Crippen LogP contribution is 2.36. The fraction of sp³-hybridized carbons (Fsp3) is 0.360. The Labute approximate surface area is 167 Å². The van der Waals surface area contributed by atoms with Crippen LogP contribution in [0.25, 0.3) is 0 Å². The van der Waals surface area contributed by atoms with E-state index < -0.39 is 0 Å². The van der Waals surface area contributed by atoms with Crippen molar-refractivity contribution in [3.8, 4) is 17.6 Å². The zero-order chi connectivity index (χ0) is 19.9. The summed E-state index contributed by atoms with van der Waals surface area (Å²) in [4.78, 5) is 26.2. The number of aryl methyl sites for hydroxylation is 1. The number of hydrogen-bond acceptors (Lipinski definition) is 3. The normalized spacial score (nSPS) is 12.1. The fourth-order valence-corrected chi connectivity index (χ4v) is 3.43. The Morgan fingerprint density at radius 3 is 2.25 bits per heavy atom. The summed E-state index contributed by atoms with van der Waals surface area (Å²) in [5.41, 5.74) is 2.77. The summed E-state index contributed by atoms with van der Waals surface area (Å²) in [5, 5.41) is 0. The van der Waals surface area contributed by atoms with E-state index in [9.17, 15) is 9.59 Å². The number of carbonyl (C=O) groups is 2. The van der Waals surface area contributed by atoms with E-state index in [0.29, 0.717) is 41.0 Å². The molecule has 0 bridgehead atoms. The number of ketones is 2. The summed E-state index contributed by atoms with van der Waals surface area (Å²) in [7, 11) is 0. The van der Waals surface area contributed by atoms with Crippen LogP contribution < -0.4 is 4.74 Å². The van der Waals surface area contributed by atoms with Gasteiger partial charge in [-0.05, 0) is 30.9 Å². The molecule has 0 aliphatic heterocycles. The average molecular weight is 374 g/mol. The molecule has 0 spiro atoms. The molecular weight excluding hydrogens is 348 g/mol. The monoisotopic (exact) mass is 374 g/mol. The van der Waals surface area contributed by atoms with E-state index in [-0.39, 0.29) is 11.6 Å². The molecular formula is C25H26O3. The smallest absolute Gasteiger partial charge is 0.198 e. The molecule has 3 heteroatoms. The SMILES string of the molecule is CCCC#CCCOc1c(CCCC)ccc2c1C(=O)c1ccccc1C2=O. The Morgan fingerprint density at radius 1 is 0.821 bits per heavy atom. The molecule has 0 amide bonds. The molecule has 0 heterocycles. The van der Waals surface area contributed by atoms with Crippen LogP contribution in [-0.2, 0) is 6.42 Å². The van der Waals surface area contributed by atoms with Crippen molar-refractivity contribution in [1.29, 1.82) is 0 Å². The first-order chi connectivity index (χ1) is 13.7. The predicted octanol–water partition coefficient (Wildman–Crippen LogP) is 5.38. The Balaban J connectivity index is 1.97. The zero-order valence-electron chi connectivity index (χ0n) is 16.6. The van der Waals surface area contributed by atoms with E-state index >= 15 is 0 Å². The van der Waals surface area contributed by atoms with Crippen molar-refractivity contribution in [2.45, 2.75) is 52.4 Å². The van der Waals surface area contributed by atoms with Crippen molar-refractivity contribution in [3.05, 3.63) is 64.2 Å². The van der Waals surface area contributed by atoms with Crippen LogP contribution in [0.1, 0.15) is 83.4 Å². The van der Waals surface area contributed by atoms with Crippen molar-refractivity contribution < 1.29 is 14.3 Å². The van der Waals surface area contributed by atoms with Crippen LogP contribution in [0.15, 0.2) is 36.4 Å². The number of unbranched alkanes of at least 4 members (excludes halogenated alkanes) is 2. The number of carbonyl (C=O) groups excluding carboxylic acids is 2. The molecule has 0 N–H and O–H groups in total. The van der Waals surface area contributed by atoms with E-state index in [0.717, 1.165) is 37.7 Å². The van der Waals surface area contributed by atoms with Gasteiger partial charge in [0.05, 0.1) is 12.2 Å². The van der Waals surface area contributed by atoms with Gasteiger partial charge in [-0.15, -0.1) is 5.92 Å². The van der Waals surface area contributed by atoms with Crippen molar-refractivity contribution >= 4 is 11.6 Å². The molecule has 1 aliphatic rings. The molecule has 0 saturated carbocycles. The van der Waals surface area contributed by atoms with Gasteiger partial charge in [0.2, 0.25) is 0 Å².